The summed E-state index contributed by atoms with van der Waals surface area (Å²) in [6.45, 7) is 0. The third kappa shape index (κ3) is 2.49. The molecule has 0 bridgehead atoms. The van der Waals surface area contributed by atoms with Crippen LogP contribution in [0.2, 0.25) is 0 Å². The molecule has 0 N–H and O–H groups in total. The topological polar surface area (TPSA) is 17.8 Å². The normalized spacial score (nSPS) is 11.8. The summed E-state index contributed by atoms with van der Waals surface area (Å²) in [6, 6.07) is 3.64. The zero-order valence-electron chi connectivity index (χ0n) is 8.17. The van der Waals surface area contributed by atoms with Crippen LogP contribution in [0.25, 0.3) is 5.69 Å². The Bertz CT molecular complexity index is 547. The lowest BCUT2D eigenvalue weighted by molar-refractivity contribution is -0.137. The molecule has 0 aliphatic heterocycles. The second-order valence-corrected chi connectivity index (χ2v) is 4.12. The molecule has 90 valence electrons. The van der Waals surface area contributed by atoms with Gasteiger partial charge >= 0.3 is 6.18 Å². The first-order chi connectivity index (χ1) is 7.88. The number of alkyl halides is 3. The van der Waals surface area contributed by atoms with Gasteiger partial charge in [0.2, 0.25) is 0 Å². The molecule has 17 heavy (non-hydrogen) atoms. The average molecular weight is 309 g/mol. The van der Waals surface area contributed by atoms with E-state index in [1.807, 2.05) is 0 Å². The Morgan fingerprint density at radius 1 is 1.24 bits per heavy atom. The van der Waals surface area contributed by atoms with Crippen molar-refractivity contribution in [3.8, 4) is 5.69 Å². The molecule has 1 aromatic carbocycles. The molecule has 0 atom stereocenters. The van der Waals surface area contributed by atoms with Gasteiger partial charge in [0.15, 0.2) is 0 Å². The molecule has 0 aliphatic carbocycles. The van der Waals surface area contributed by atoms with Crippen LogP contribution < -0.4 is 0 Å². The largest absolute Gasteiger partial charge is 0.419 e. The van der Waals surface area contributed by atoms with Crippen molar-refractivity contribution in [2.45, 2.75) is 6.18 Å². The molecule has 0 amide bonds. The van der Waals surface area contributed by atoms with Crippen molar-refractivity contribution in [1.29, 1.82) is 0 Å². The van der Waals surface area contributed by atoms with E-state index in [4.69, 9.17) is 0 Å². The zero-order chi connectivity index (χ0) is 12.6. The summed E-state index contributed by atoms with van der Waals surface area (Å²) in [4.78, 5) is 0. The quantitative estimate of drug-likeness (QED) is 0.733. The molecule has 1 aromatic heterocycles. The molecular weight excluding hydrogens is 304 g/mol. The fourth-order valence-corrected chi connectivity index (χ4v) is 1.80. The first kappa shape index (κ1) is 12.1. The van der Waals surface area contributed by atoms with Gasteiger partial charge in [-0.3, -0.25) is 0 Å². The summed E-state index contributed by atoms with van der Waals surface area (Å²) in [5, 5.41) is 3.59. The van der Waals surface area contributed by atoms with Gasteiger partial charge in [-0.1, -0.05) is 0 Å². The maximum Gasteiger partial charge on any atom is 0.419 e. The first-order valence-electron chi connectivity index (χ1n) is 4.45. The third-order valence-corrected chi connectivity index (χ3v) is 2.70. The number of hydrogen-bond acceptors (Lipinski definition) is 1. The summed E-state index contributed by atoms with van der Waals surface area (Å²) in [7, 11) is 0. The van der Waals surface area contributed by atoms with E-state index >= 15 is 0 Å². The lowest BCUT2D eigenvalue weighted by Crippen LogP contribution is -2.03. The molecule has 1 heterocycles. The smallest absolute Gasteiger partial charge is 0.239 e. The second kappa shape index (κ2) is 4.14. The Kier molecular flexibility index (Phi) is 2.94. The fourth-order valence-electron chi connectivity index (χ4n) is 1.27. The van der Waals surface area contributed by atoms with Crippen LogP contribution in [0.15, 0.2) is 35.1 Å². The van der Waals surface area contributed by atoms with Crippen LogP contribution in [0, 0.1) is 5.82 Å². The number of rotatable bonds is 1. The Morgan fingerprint density at radius 2 is 1.94 bits per heavy atom. The summed E-state index contributed by atoms with van der Waals surface area (Å²) in [6.07, 6.45) is -2.88. The molecular formula is C10H5BrF4N2. The van der Waals surface area contributed by atoms with Crippen LogP contribution in [0.5, 0.6) is 0 Å². The number of hydrogen-bond donors (Lipinski definition) is 0. The minimum Gasteiger partial charge on any atom is -0.239 e. The Labute approximate surface area is 102 Å². The first-order valence-corrected chi connectivity index (χ1v) is 5.24. The van der Waals surface area contributed by atoms with Gasteiger partial charge in [-0.05, 0) is 34.1 Å². The predicted molar refractivity (Wildman–Crippen MR) is 56.2 cm³/mol. The van der Waals surface area contributed by atoms with Crippen LogP contribution in [0.3, 0.4) is 0 Å². The summed E-state index contributed by atoms with van der Waals surface area (Å²) in [5.41, 5.74) is -0.518. The van der Waals surface area contributed by atoms with E-state index in [-0.39, 0.29) is 0 Å². The number of benzene rings is 1. The molecule has 0 saturated heterocycles. The van der Waals surface area contributed by atoms with Gasteiger partial charge < -0.3 is 0 Å². The SMILES string of the molecule is Fc1ccc(-n2cc(C(F)(F)F)cn2)c(Br)c1. The molecule has 2 aromatic rings. The van der Waals surface area contributed by atoms with Crippen LogP contribution in [0.4, 0.5) is 17.6 Å². The Balaban J connectivity index is 2.44. The monoisotopic (exact) mass is 308 g/mol. The lowest BCUT2D eigenvalue weighted by atomic mass is 10.3. The molecule has 0 radical (unpaired) electrons. The van der Waals surface area contributed by atoms with E-state index in [9.17, 15) is 17.6 Å². The zero-order valence-corrected chi connectivity index (χ0v) is 9.76. The summed E-state index contributed by atoms with van der Waals surface area (Å²) in [5.74, 6) is -0.483. The highest BCUT2D eigenvalue weighted by Gasteiger charge is 2.32. The van der Waals surface area contributed by atoms with Gasteiger partial charge in [-0.2, -0.15) is 18.3 Å². The van der Waals surface area contributed by atoms with Crippen LogP contribution in [-0.4, -0.2) is 9.78 Å². The Hall–Kier alpha value is -1.37. The maximum absolute atomic E-state index is 12.8. The lowest BCUT2D eigenvalue weighted by Gasteiger charge is -2.04. The van der Waals surface area contributed by atoms with Crippen molar-refractivity contribution in [2.24, 2.45) is 0 Å². The summed E-state index contributed by atoms with van der Waals surface area (Å²) >= 11 is 3.06. The van der Waals surface area contributed by atoms with Gasteiger partial charge in [0.1, 0.15) is 5.82 Å². The van der Waals surface area contributed by atoms with Crippen molar-refractivity contribution in [2.75, 3.05) is 0 Å². The van der Waals surface area contributed by atoms with Gasteiger partial charge in [-0.25, -0.2) is 9.07 Å². The van der Waals surface area contributed by atoms with E-state index in [1.165, 1.54) is 6.07 Å². The van der Waals surface area contributed by atoms with Crippen molar-refractivity contribution < 1.29 is 17.6 Å². The van der Waals surface area contributed by atoms with Crippen molar-refractivity contribution in [1.82, 2.24) is 9.78 Å². The fraction of sp³-hybridized carbons (Fsp3) is 0.100. The highest BCUT2D eigenvalue weighted by molar-refractivity contribution is 9.10. The Morgan fingerprint density at radius 3 is 2.47 bits per heavy atom. The predicted octanol–water partition coefficient (Wildman–Crippen LogP) is 3.79. The van der Waals surface area contributed by atoms with E-state index in [0.717, 1.165) is 29.2 Å². The minimum absolute atomic E-state index is 0.328. The second-order valence-electron chi connectivity index (χ2n) is 3.27. The molecule has 0 aliphatic rings. The maximum atomic E-state index is 12.8. The van der Waals surface area contributed by atoms with Crippen molar-refractivity contribution in [3.63, 3.8) is 0 Å². The number of nitrogens with zero attached hydrogens (tertiary/aromatic N) is 2. The van der Waals surface area contributed by atoms with Crippen LogP contribution in [0.1, 0.15) is 5.56 Å². The molecule has 2 rings (SSSR count). The standard InChI is InChI=1S/C10H5BrF4N2/c11-8-3-7(12)1-2-9(8)17-5-6(4-16-17)10(13,14)15/h1-5H. The van der Waals surface area contributed by atoms with Crippen LogP contribution in [-0.2, 0) is 6.18 Å². The van der Waals surface area contributed by atoms with E-state index in [1.54, 1.807) is 0 Å². The van der Waals surface area contributed by atoms with E-state index < -0.39 is 17.6 Å². The highest BCUT2D eigenvalue weighted by Crippen LogP contribution is 2.30. The van der Waals surface area contributed by atoms with Gasteiger partial charge in [-0.15, -0.1) is 0 Å². The van der Waals surface area contributed by atoms with Crippen LogP contribution >= 0.6 is 15.9 Å². The van der Waals surface area contributed by atoms with E-state index in [2.05, 4.69) is 21.0 Å². The third-order valence-electron chi connectivity index (χ3n) is 2.07. The summed E-state index contributed by atoms with van der Waals surface area (Å²) < 4.78 is 51.2. The molecule has 0 unspecified atom stereocenters. The minimum atomic E-state index is -4.44. The van der Waals surface area contributed by atoms with Gasteiger partial charge in [0.05, 0.1) is 17.4 Å². The highest BCUT2D eigenvalue weighted by atomic mass is 79.9. The van der Waals surface area contributed by atoms with E-state index in [0.29, 0.717) is 10.2 Å². The molecule has 0 spiro atoms. The molecule has 7 heteroatoms. The number of aromatic nitrogens is 2. The average Bonchev–Trinajstić information content (AvgIpc) is 2.65. The molecule has 0 saturated carbocycles. The molecule has 2 nitrogen and oxygen atoms in total. The van der Waals surface area contributed by atoms with Crippen molar-refractivity contribution >= 4 is 15.9 Å². The number of halogens is 5. The van der Waals surface area contributed by atoms with Crippen molar-refractivity contribution in [3.05, 3.63) is 46.4 Å². The van der Waals surface area contributed by atoms with Gasteiger partial charge in [0.25, 0.3) is 0 Å². The van der Waals surface area contributed by atoms with Gasteiger partial charge in [0, 0.05) is 10.7 Å². The molecule has 0 fully saturated rings.